The Morgan fingerprint density at radius 1 is 1.31 bits per heavy atom. The molecule has 13 heavy (non-hydrogen) atoms. The summed E-state index contributed by atoms with van der Waals surface area (Å²) < 4.78 is 0. The topological polar surface area (TPSA) is 67.8 Å². The number of benzene rings is 1. The normalized spacial score (nSPS) is 10.5. The van der Waals surface area contributed by atoms with Gasteiger partial charge >= 0.3 is 0 Å². The number of H-pyrrole nitrogens is 1. The van der Waals surface area contributed by atoms with Crippen LogP contribution in [0.5, 0.6) is 0 Å². The van der Waals surface area contributed by atoms with Crippen molar-refractivity contribution in [3.63, 3.8) is 0 Å². The zero-order valence-electron chi connectivity index (χ0n) is 7.17. The molecule has 3 heteroatoms. The largest absolute Gasteiger partial charge is 0.399 e. The van der Waals surface area contributed by atoms with E-state index in [4.69, 9.17) is 11.5 Å². The van der Waals surface area contributed by atoms with Gasteiger partial charge in [-0.1, -0.05) is 24.8 Å². The van der Waals surface area contributed by atoms with E-state index in [9.17, 15) is 0 Å². The van der Waals surface area contributed by atoms with Crippen molar-refractivity contribution in [2.24, 2.45) is 5.73 Å². The summed E-state index contributed by atoms with van der Waals surface area (Å²) in [4.78, 5) is 3.05. The summed E-state index contributed by atoms with van der Waals surface area (Å²) >= 11 is 0. The van der Waals surface area contributed by atoms with Crippen LogP contribution in [0.25, 0.3) is 16.6 Å². The molecular weight excluding hydrogens is 162 g/mol. The molecule has 0 saturated carbocycles. The fourth-order valence-corrected chi connectivity index (χ4v) is 1.51. The highest BCUT2D eigenvalue weighted by molar-refractivity contribution is 5.96. The number of fused-ring (bicyclic) bond motifs is 1. The van der Waals surface area contributed by atoms with Crippen molar-refractivity contribution in [2.75, 3.05) is 5.73 Å². The fourth-order valence-electron chi connectivity index (χ4n) is 1.51. The highest BCUT2D eigenvalue weighted by atomic mass is 14.9. The molecule has 0 aliphatic carbocycles. The smallest absolute Gasteiger partial charge is 0.111 e. The Bertz CT molecular complexity index is 468. The zero-order chi connectivity index (χ0) is 9.42. The van der Waals surface area contributed by atoms with E-state index in [0.717, 1.165) is 16.5 Å². The summed E-state index contributed by atoms with van der Waals surface area (Å²) in [5.74, 6) is 0.578. The van der Waals surface area contributed by atoms with Crippen LogP contribution in [0.15, 0.2) is 30.8 Å². The minimum atomic E-state index is 0.495. The van der Waals surface area contributed by atoms with Crippen molar-refractivity contribution in [1.29, 1.82) is 0 Å². The second-order valence-electron chi connectivity index (χ2n) is 2.98. The van der Waals surface area contributed by atoms with Gasteiger partial charge in [0.1, 0.15) is 5.82 Å². The molecule has 0 unspecified atom stereocenters. The molecule has 0 aliphatic heterocycles. The van der Waals surface area contributed by atoms with E-state index in [0.29, 0.717) is 11.5 Å². The van der Waals surface area contributed by atoms with Crippen molar-refractivity contribution < 1.29 is 0 Å². The lowest BCUT2D eigenvalue weighted by atomic mass is 10.1. The van der Waals surface area contributed by atoms with E-state index in [1.807, 2.05) is 24.3 Å². The van der Waals surface area contributed by atoms with Crippen LogP contribution >= 0.6 is 0 Å². The molecule has 0 amide bonds. The van der Waals surface area contributed by atoms with E-state index in [1.165, 1.54) is 0 Å². The third-order valence-electron chi connectivity index (χ3n) is 2.06. The van der Waals surface area contributed by atoms with Gasteiger partial charge in [0.05, 0.1) is 0 Å². The average molecular weight is 173 g/mol. The fraction of sp³-hybridized carbons (Fsp3) is 0. The van der Waals surface area contributed by atoms with Gasteiger partial charge in [0.15, 0.2) is 0 Å². The number of hydrogen-bond donors (Lipinski definition) is 3. The highest BCUT2D eigenvalue weighted by Gasteiger charge is 2.08. The third kappa shape index (κ3) is 1.05. The number of rotatable bonds is 1. The summed E-state index contributed by atoms with van der Waals surface area (Å²) in [6.45, 7) is 3.69. The Hall–Kier alpha value is -1.90. The number of anilines is 1. The predicted molar refractivity (Wildman–Crippen MR) is 55.9 cm³/mol. The van der Waals surface area contributed by atoms with Gasteiger partial charge in [0, 0.05) is 22.2 Å². The third-order valence-corrected chi connectivity index (χ3v) is 2.06. The number of aromatic nitrogens is 1. The van der Waals surface area contributed by atoms with Crippen molar-refractivity contribution in [1.82, 2.24) is 4.98 Å². The van der Waals surface area contributed by atoms with Crippen molar-refractivity contribution in [3.05, 3.63) is 36.4 Å². The monoisotopic (exact) mass is 173 g/mol. The Morgan fingerprint density at radius 3 is 2.69 bits per heavy atom. The summed E-state index contributed by atoms with van der Waals surface area (Å²) in [5, 5.41) is 1.02. The van der Waals surface area contributed by atoms with E-state index >= 15 is 0 Å². The summed E-state index contributed by atoms with van der Waals surface area (Å²) in [5.41, 5.74) is 13.7. The summed E-state index contributed by atoms with van der Waals surface area (Å²) in [6, 6.07) is 7.82. The first kappa shape index (κ1) is 7.73. The van der Waals surface area contributed by atoms with Gasteiger partial charge in [0.25, 0.3) is 0 Å². The first-order valence-corrected chi connectivity index (χ1v) is 4.01. The zero-order valence-corrected chi connectivity index (χ0v) is 7.17. The second-order valence-corrected chi connectivity index (χ2v) is 2.98. The van der Waals surface area contributed by atoms with Crippen LogP contribution in [0.2, 0.25) is 0 Å². The Morgan fingerprint density at radius 2 is 2.00 bits per heavy atom. The van der Waals surface area contributed by atoms with E-state index in [2.05, 4.69) is 11.6 Å². The molecule has 1 aromatic carbocycles. The maximum absolute atomic E-state index is 5.76. The van der Waals surface area contributed by atoms with Gasteiger partial charge in [-0.25, -0.2) is 0 Å². The molecule has 0 fully saturated rings. The summed E-state index contributed by atoms with van der Waals surface area (Å²) in [7, 11) is 0. The molecule has 2 aromatic rings. The van der Waals surface area contributed by atoms with Crippen LogP contribution in [0, 0.1) is 0 Å². The molecule has 0 atom stereocenters. The minimum absolute atomic E-state index is 0.495. The molecule has 3 nitrogen and oxygen atoms in total. The van der Waals surface area contributed by atoms with Gasteiger partial charge < -0.3 is 16.5 Å². The molecule has 0 saturated heterocycles. The lowest BCUT2D eigenvalue weighted by molar-refractivity contribution is 1.45. The average Bonchev–Trinajstić information content (AvgIpc) is 2.39. The Kier molecular flexibility index (Phi) is 1.52. The van der Waals surface area contributed by atoms with Gasteiger partial charge in [-0.2, -0.15) is 0 Å². The van der Waals surface area contributed by atoms with Gasteiger partial charge in [-0.15, -0.1) is 0 Å². The van der Waals surface area contributed by atoms with Gasteiger partial charge in [-0.05, 0) is 6.07 Å². The lowest BCUT2D eigenvalue weighted by Crippen LogP contribution is -1.97. The quantitative estimate of drug-likeness (QED) is 0.614. The maximum atomic E-state index is 5.76. The van der Waals surface area contributed by atoms with Crippen LogP contribution in [0.4, 0.5) is 5.82 Å². The number of hydrogen-bond acceptors (Lipinski definition) is 2. The maximum Gasteiger partial charge on any atom is 0.111 e. The Balaban J connectivity index is 2.86. The first-order chi connectivity index (χ1) is 6.20. The molecule has 1 heterocycles. The number of nitrogens with two attached hydrogens (primary N) is 2. The molecule has 0 spiro atoms. The van der Waals surface area contributed by atoms with Crippen molar-refractivity contribution in [3.8, 4) is 0 Å². The minimum Gasteiger partial charge on any atom is -0.399 e. The van der Waals surface area contributed by atoms with Crippen LogP contribution in [0.3, 0.4) is 0 Å². The number of nitrogens with one attached hydrogen (secondary N) is 1. The van der Waals surface area contributed by atoms with Crippen LogP contribution in [-0.4, -0.2) is 4.98 Å². The van der Waals surface area contributed by atoms with E-state index < -0.39 is 0 Å². The van der Waals surface area contributed by atoms with Crippen molar-refractivity contribution >= 4 is 22.4 Å². The molecular formula is C10H11N3. The highest BCUT2D eigenvalue weighted by Crippen LogP contribution is 2.26. The molecule has 0 aliphatic rings. The number of para-hydroxylation sites is 1. The molecule has 2 rings (SSSR count). The Labute approximate surface area is 76.0 Å². The number of nitrogen functional groups attached to an aromatic ring is 1. The standard InChI is InChI=1S/C10H11N3/c1-6(11)9-7-4-2-3-5-8(7)13-10(9)12/h2-5,13H,1,11-12H2. The summed E-state index contributed by atoms with van der Waals surface area (Å²) in [6.07, 6.45) is 0. The molecule has 0 bridgehead atoms. The molecule has 66 valence electrons. The van der Waals surface area contributed by atoms with Gasteiger partial charge in [0.2, 0.25) is 0 Å². The lowest BCUT2D eigenvalue weighted by Gasteiger charge is -1.97. The van der Waals surface area contributed by atoms with Crippen molar-refractivity contribution in [2.45, 2.75) is 0 Å². The van der Waals surface area contributed by atoms with E-state index in [1.54, 1.807) is 0 Å². The van der Waals surface area contributed by atoms with Crippen LogP contribution in [0.1, 0.15) is 5.56 Å². The SMILES string of the molecule is C=C(N)c1c(N)[nH]c2ccccc12. The molecule has 1 aromatic heterocycles. The van der Waals surface area contributed by atoms with Crippen LogP contribution < -0.4 is 11.5 Å². The van der Waals surface area contributed by atoms with E-state index in [-0.39, 0.29) is 0 Å². The first-order valence-electron chi connectivity index (χ1n) is 4.01. The second kappa shape index (κ2) is 2.55. The molecule has 5 N–H and O–H groups in total. The predicted octanol–water partition coefficient (Wildman–Crippen LogP) is 1.68. The van der Waals surface area contributed by atoms with Gasteiger partial charge in [-0.3, -0.25) is 0 Å². The number of aromatic amines is 1. The molecule has 0 radical (unpaired) electrons. The van der Waals surface area contributed by atoms with Crippen LogP contribution in [-0.2, 0) is 0 Å².